The molecule has 0 fully saturated rings. The molecular weight excluding hydrogens is 339 g/mol. The largest absolute Gasteiger partial charge is 0.328 e. The highest BCUT2D eigenvalue weighted by atomic mass is 35.5. The SMILES string of the molecule is CS(=O)(=O)c1nc(-c2ccc(Cl)cc2)c(-c2ccc(F)cc2)[nH]1. The molecule has 0 radical (unpaired) electrons. The summed E-state index contributed by atoms with van der Waals surface area (Å²) in [5.74, 6) is -0.371. The number of imidazole rings is 1. The summed E-state index contributed by atoms with van der Waals surface area (Å²) < 4.78 is 36.7. The summed E-state index contributed by atoms with van der Waals surface area (Å²) in [6, 6.07) is 12.6. The number of hydrogen-bond donors (Lipinski definition) is 1. The molecule has 1 aromatic heterocycles. The molecule has 2 aromatic carbocycles. The molecule has 118 valence electrons. The fourth-order valence-electron chi connectivity index (χ4n) is 2.17. The number of nitrogens with zero attached hydrogens (tertiary/aromatic N) is 1. The lowest BCUT2D eigenvalue weighted by atomic mass is 10.1. The Labute approximate surface area is 137 Å². The van der Waals surface area contributed by atoms with Crippen LogP contribution in [0, 0.1) is 5.82 Å². The quantitative estimate of drug-likeness (QED) is 0.778. The van der Waals surface area contributed by atoms with Crippen molar-refractivity contribution in [1.29, 1.82) is 0 Å². The van der Waals surface area contributed by atoms with Gasteiger partial charge in [0, 0.05) is 22.4 Å². The summed E-state index contributed by atoms with van der Waals surface area (Å²) in [4.78, 5) is 7.02. The maximum absolute atomic E-state index is 13.1. The van der Waals surface area contributed by atoms with Crippen LogP contribution >= 0.6 is 11.6 Å². The molecule has 7 heteroatoms. The van der Waals surface area contributed by atoms with Gasteiger partial charge in [-0.1, -0.05) is 23.7 Å². The Bertz CT molecular complexity index is 886. The summed E-state index contributed by atoms with van der Waals surface area (Å²) in [5, 5.41) is 0.428. The molecule has 3 rings (SSSR count). The van der Waals surface area contributed by atoms with Crippen LogP contribution in [0.2, 0.25) is 5.02 Å². The van der Waals surface area contributed by atoms with Crippen LogP contribution in [0.5, 0.6) is 0 Å². The normalized spacial score (nSPS) is 11.6. The third-order valence-corrected chi connectivity index (χ3v) is 4.43. The highest BCUT2D eigenvalue weighted by molar-refractivity contribution is 7.90. The van der Waals surface area contributed by atoms with Gasteiger partial charge in [0.1, 0.15) is 5.82 Å². The number of aromatic amines is 1. The van der Waals surface area contributed by atoms with Gasteiger partial charge in [-0.3, -0.25) is 0 Å². The number of aromatic nitrogens is 2. The zero-order valence-electron chi connectivity index (χ0n) is 12.0. The summed E-state index contributed by atoms with van der Waals surface area (Å²) in [7, 11) is -3.50. The van der Waals surface area contributed by atoms with Crippen molar-refractivity contribution in [3.63, 3.8) is 0 Å². The molecule has 1 heterocycles. The molecule has 0 saturated carbocycles. The maximum atomic E-state index is 13.1. The minimum atomic E-state index is -3.50. The smallest absolute Gasteiger partial charge is 0.225 e. The van der Waals surface area contributed by atoms with Crippen LogP contribution < -0.4 is 0 Å². The topological polar surface area (TPSA) is 62.8 Å². The fourth-order valence-corrected chi connectivity index (χ4v) is 2.84. The van der Waals surface area contributed by atoms with E-state index >= 15 is 0 Å². The van der Waals surface area contributed by atoms with Crippen LogP contribution in [0.15, 0.2) is 53.7 Å². The zero-order valence-corrected chi connectivity index (χ0v) is 13.6. The molecule has 1 N–H and O–H groups in total. The van der Waals surface area contributed by atoms with E-state index in [9.17, 15) is 12.8 Å². The van der Waals surface area contributed by atoms with Gasteiger partial charge in [0.2, 0.25) is 15.0 Å². The molecular formula is C16H12ClFN2O2S. The molecule has 0 aliphatic heterocycles. The Hall–Kier alpha value is -2.18. The molecule has 0 aliphatic rings. The molecule has 4 nitrogen and oxygen atoms in total. The summed E-state index contributed by atoms with van der Waals surface area (Å²) in [6.45, 7) is 0. The number of benzene rings is 2. The monoisotopic (exact) mass is 350 g/mol. The predicted molar refractivity (Wildman–Crippen MR) is 87.5 cm³/mol. The van der Waals surface area contributed by atoms with Gasteiger partial charge in [-0.2, -0.15) is 0 Å². The first kappa shape index (κ1) is 15.7. The van der Waals surface area contributed by atoms with Crippen molar-refractivity contribution in [2.24, 2.45) is 0 Å². The van der Waals surface area contributed by atoms with Crippen molar-refractivity contribution < 1.29 is 12.8 Å². The number of nitrogens with one attached hydrogen (secondary N) is 1. The Morgan fingerprint density at radius 2 is 1.57 bits per heavy atom. The number of H-pyrrole nitrogens is 1. The standard InChI is InChI=1S/C16H12ClFN2O2S/c1-23(21,22)16-19-14(10-2-6-12(17)7-3-10)15(20-16)11-4-8-13(18)9-5-11/h2-9H,1H3,(H,19,20). The first-order valence-electron chi connectivity index (χ1n) is 6.66. The van der Waals surface area contributed by atoms with Gasteiger partial charge in [0.05, 0.1) is 11.4 Å². The van der Waals surface area contributed by atoms with Crippen LogP contribution in [0.4, 0.5) is 4.39 Å². The van der Waals surface area contributed by atoms with Crippen molar-refractivity contribution in [2.45, 2.75) is 5.16 Å². The molecule has 0 spiro atoms. The molecule has 0 saturated heterocycles. The Balaban J connectivity index is 2.22. The van der Waals surface area contributed by atoms with Gasteiger partial charge >= 0.3 is 0 Å². The van der Waals surface area contributed by atoms with Crippen molar-refractivity contribution in [1.82, 2.24) is 9.97 Å². The van der Waals surface area contributed by atoms with Crippen LogP contribution in [0.25, 0.3) is 22.5 Å². The van der Waals surface area contributed by atoms with E-state index in [1.165, 1.54) is 12.1 Å². The summed E-state index contributed by atoms with van der Waals surface area (Å²) in [5.41, 5.74) is 2.32. The van der Waals surface area contributed by atoms with Gasteiger partial charge in [-0.25, -0.2) is 17.8 Å². The first-order chi connectivity index (χ1) is 10.8. The highest BCUT2D eigenvalue weighted by Gasteiger charge is 2.19. The highest BCUT2D eigenvalue weighted by Crippen LogP contribution is 2.32. The second-order valence-corrected chi connectivity index (χ2v) is 7.42. The van der Waals surface area contributed by atoms with Gasteiger partial charge in [0.15, 0.2) is 0 Å². The lowest BCUT2D eigenvalue weighted by Gasteiger charge is -2.03. The minimum Gasteiger partial charge on any atom is -0.328 e. The number of hydrogen-bond acceptors (Lipinski definition) is 3. The second kappa shape index (κ2) is 5.79. The molecule has 0 unspecified atom stereocenters. The Morgan fingerprint density at radius 1 is 1.00 bits per heavy atom. The van der Waals surface area contributed by atoms with Crippen LogP contribution in [0.3, 0.4) is 0 Å². The average molecular weight is 351 g/mol. The van der Waals surface area contributed by atoms with Crippen LogP contribution in [-0.4, -0.2) is 24.6 Å². The summed E-state index contributed by atoms with van der Waals surface area (Å²) in [6.07, 6.45) is 1.08. The van der Waals surface area contributed by atoms with Crippen molar-refractivity contribution in [3.05, 3.63) is 59.4 Å². The lowest BCUT2D eigenvalue weighted by molar-refractivity contribution is 0.595. The summed E-state index contributed by atoms with van der Waals surface area (Å²) >= 11 is 5.89. The second-order valence-electron chi connectivity index (χ2n) is 5.05. The van der Waals surface area contributed by atoms with Gasteiger partial charge in [-0.15, -0.1) is 0 Å². The van der Waals surface area contributed by atoms with E-state index in [0.29, 0.717) is 27.5 Å². The van der Waals surface area contributed by atoms with E-state index in [-0.39, 0.29) is 11.0 Å². The minimum absolute atomic E-state index is 0.137. The zero-order chi connectivity index (χ0) is 16.6. The van der Waals surface area contributed by atoms with Crippen molar-refractivity contribution >= 4 is 21.4 Å². The van der Waals surface area contributed by atoms with Crippen molar-refractivity contribution in [2.75, 3.05) is 6.26 Å². The van der Waals surface area contributed by atoms with Crippen LogP contribution in [-0.2, 0) is 9.84 Å². The Kier molecular flexibility index (Phi) is 3.95. The van der Waals surface area contributed by atoms with Gasteiger partial charge < -0.3 is 4.98 Å². The van der Waals surface area contributed by atoms with E-state index in [1.807, 2.05) is 0 Å². The molecule has 3 aromatic rings. The first-order valence-corrected chi connectivity index (χ1v) is 8.93. The molecule has 23 heavy (non-hydrogen) atoms. The third-order valence-electron chi connectivity index (χ3n) is 3.28. The van der Waals surface area contributed by atoms with E-state index < -0.39 is 9.84 Å². The van der Waals surface area contributed by atoms with E-state index in [0.717, 1.165) is 6.26 Å². The molecule has 0 bridgehead atoms. The van der Waals surface area contributed by atoms with E-state index in [4.69, 9.17) is 11.6 Å². The average Bonchev–Trinajstić information content (AvgIpc) is 2.94. The molecule has 0 amide bonds. The van der Waals surface area contributed by atoms with E-state index in [2.05, 4.69) is 9.97 Å². The van der Waals surface area contributed by atoms with Gasteiger partial charge in [0.25, 0.3) is 0 Å². The lowest BCUT2D eigenvalue weighted by Crippen LogP contribution is -1.99. The molecule has 0 atom stereocenters. The number of halogens is 2. The Morgan fingerprint density at radius 3 is 2.13 bits per heavy atom. The maximum Gasteiger partial charge on any atom is 0.225 e. The molecule has 0 aliphatic carbocycles. The third kappa shape index (κ3) is 3.28. The van der Waals surface area contributed by atoms with Crippen LogP contribution in [0.1, 0.15) is 0 Å². The number of rotatable bonds is 3. The fraction of sp³-hybridized carbons (Fsp3) is 0.0625. The van der Waals surface area contributed by atoms with Gasteiger partial charge in [-0.05, 0) is 36.4 Å². The van der Waals surface area contributed by atoms with Crippen molar-refractivity contribution in [3.8, 4) is 22.5 Å². The predicted octanol–water partition coefficient (Wildman–Crippen LogP) is 3.94. The number of sulfone groups is 1. The van der Waals surface area contributed by atoms with E-state index in [1.54, 1.807) is 36.4 Å².